The minimum atomic E-state index is -5.87. The molecule has 1 saturated heterocycles. The summed E-state index contributed by atoms with van der Waals surface area (Å²) in [4.78, 5) is 15.7. The molecule has 2 heterocycles. The fourth-order valence-corrected chi connectivity index (χ4v) is 3.66. The topological polar surface area (TPSA) is 89.3 Å². The van der Waals surface area contributed by atoms with E-state index in [-0.39, 0.29) is 10.6 Å². The van der Waals surface area contributed by atoms with Crippen LogP contribution in [0.15, 0.2) is 22.8 Å². The van der Waals surface area contributed by atoms with E-state index < -0.39 is 33.1 Å². The molecule has 1 aromatic heterocycles. The number of halogens is 4. The maximum absolute atomic E-state index is 12.6. The molecule has 1 aliphatic heterocycles. The molecule has 1 aliphatic rings. The van der Waals surface area contributed by atoms with E-state index in [1.54, 1.807) is 25.7 Å². The van der Waals surface area contributed by atoms with Crippen LogP contribution in [0.1, 0.15) is 20.8 Å². The summed E-state index contributed by atoms with van der Waals surface area (Å²) in [6.07, 6.45) is 0.964. The van der Waals surface area contributed by atoms with Crippen LogP contribution in [0.3, 0.4) is 0 Å². The summed E-state index contributed by atoms with van der Waals surface area (Å²) in [6, 6.07) is 2.26. The number of hydrogen-bond acceptors (Lipinski definition) is 7. The summed E-state index contributed by atoms with van der Waals surface area (Å²) in [5.74, 6) is -0.692. The fourth-order valence-electron chi connectivity index (χ4n) is 2.95. The number of rotatable bonds is 3. The van der Waals surface area contributed by atoms with E-state index >= 15 is 0 Å². The van der Waals surface area contributed by atoms with Gasteiger partial charge in [-0.3, -0.25) is 0 Å². The lowest BCUT2D eigenvalue weighted by atomic mass is 10.2. The van der Waals surface area contributed by atoms with E-state index in [0.717, 1.165) is 6.07 Å². The zero-order valence-corrected chi connectivity index (χ0v) is 18.4. The molecule has 172 valence electrons. The van der Waals surface area contributed by atoms with Crippen molar-refractivity contribution in [3.8, 4) is 5.75 Å². The SMILES string of the molecule is CC(C)(C)OC(=O)N1CCN(c2coc3cc(OS(=O)(=O)C(F)(F)F)c(Cl)cc23)CC1. The van der Waals surface area contributed by atoms with Crippen molar-refractivity contribution in [1.29, 1.82) is 0 Å². The maximum atomic E-state index is 12.6. The van der Waals surface area contributed by atoms with Crippen molar-refractivity contribution >= 4 is 44.5 Å². The number of carbonyl (C=O) groups is 1. The smallest absolute Gasteiger partial charge is 0.462 e. The van der Waals surface area contributed by atoms with Gasteiger partial charge in [-0.05, 0) is 26.8 Å². The molecule has 0 N–H and O–H groups in total. The molecule has 1 amide bonds. The molecule has 8 nitrogen and oxygen atoms in total. The van der Waals surface area contributed by atoms with Crippen molar-refractivity contribution in [2.24, 2.45) is 0 Å². The number of alkyl halides is 3. The lowest BCUT2D eigenvalue weighted by molar-refractivity contribution is -0.0500. The number of carbonyl (C=O) groups excluding carboxylic acids is 1. The van der Waals surface area contributed by atoms with Crippen molar-refractivity contribution in [3.05, 3.63) is 23.4 Å². The minimum Gasteiger partial charge on any atom is -0.462 e. The highest BCUT2D eigenvalue weighted by Crippen LogP contribution is 2.39. The number of hydrogen-bond donors (Lipinski definition) is 0. The van der Waals surface area contributed by atoms with Gasteiger partial charge in [0.15, 0.2) is 5.75 Å². The Hall–Kier alpha value is -2.34. The number of amides is 1. The molecule has 1 aromatic carbocycles. The first-order valence-electron chi connectivity index (χ1n) is 9.12. The Kier molecular flexibility index (Phi) is 6.00. The number of anilines is 1. The normalized spacial score (nSPS) is 16.0. The zero-order valence-electron chi connectivity index (χ0n) is 16.8. The van der Waals surface area contributed by atoms with E-state index in [4.69, 9.17) is 20.8 Å². The zero-order chi connectivity index (χ0) is 23.2. The molecular weight excluding hydrogens is 465 g/mol. The standard InChI is InChI=1S/C18H20ClF3N2O6S/c1-17(2,3)29-16(25)24-6-4-23(5-7-24)13-10-28-14-9-15(12(19)8-11(13)14)30-31(26,27)18(20,21)22/h8-10H,4-7H2,1-3H3. The predicted octanol–water partition coefficient (Wildman–Crippen LogP) is 4.37. The third kappa shape index (κ3) is 5.12. The van der Waals surface area contributed by atoms with Gasteiger partial charge in [-0.15, -0.1) is 0 Å². The first-order chi connectivity index (χ1) is 14.2. The van der Waals surface area contributed by atoms with Gasteiger partial charge in [-0.2, -0.15) is 21.6 Å². The van der Waals surface area contributed by atoms with Gasteiger partial charge < -0.3 is 23.1 Å². The van der Waals surface area contributed by atoms with Crippen molar-refractivity contribution < 1.29 is 39.7 Å². The Morgan fingerprint density at radius 3 is 2.29 bits per heavy atom. The third-order valence-corrected chi connectivity index (χ3v) is 5.62. The predicted molar refractivity (Wildman–Crippen MR) is 107 cm³/mol. The van der Waals surface area contributed by atoms with Crippen LogP contribution in [0.5, 0.6) is 5.75 Å². The van der Waals surface area contributed by atoms with Crippen molar-refractivity contribution in [2.75, 3.05) is 31.1 Å². The van der Waals surface area contributed by atoms with Gasteiger partial charge in [0.2, 0.25) is 0 Å². The van der Waals surface area contributed by atoms with Crippen molar-refractivity contribution in [2.45, 2.75) is 31.9 Å². The second-order valence-corrected chi connectivity index (χ2v) is 9.78. The van der Waals surface area contributed by atoms with Crippen LogP contribution in [0, 0.1) is 0 Å². The highest BCUT2D eigenvalue weighted by atomic mass is 35.5. The van der Waals surface area contributed by atoms with Gasteiger partial charge in [0, 0.05) is 37.6 Å². The summed E-state index contributed by atoms with van der Waals surface area (Å²) in [7, 11) is -5.87. The minimum absolute atomic E-state index is 0.0985. The average molecular weight is 485 g/mol. The molecule has 0 aliphatic carbocycles. The molecule has 0 unspecified atom stereocenters. The molecule has 2 aromatic rings. The van der Waals surface area contributed by atoms with Crippen LogP contribution in [0.4, 0.5) is 23.7 Å². The molecule has 3 rings (SSSR count). The average Bonchev–Trinajstić information content (AvgIpc) is 3.02. The highest BCUT2D eigenvalue weighted by molar-refractivity contribution is 7.88. The molecular formula is C18H20ClF3N2O6S. The van der Waals surface area contributed by atoms with Crippen molar-refractivity contribution in [1.82, 2.24) is 4.90 Å². The first-order valence-corrected chi connectivity index (χ1v) is 10.9. The third-order valence-electron chi connectivity index (χ3n) is 4.36. The Morgan fingerprint density at radius 1 is 1.13 bits per heavy atom. The van der Waals surface area contributed by atoms with Crippen LogP contribution < -0.4 is 9.08 Å². The van der Waals surface area contributed by atoms with Crippen molar-refractivity contribution in [3.63, 3.8) is 0 Å². The van der Waals surface area contributed by atoms with E-state index in [2.05, 4.69) is 4.18 Å². The van der Waals surface area contributed by atoms with Crippen LogP contribution in [-0.4, -0.2) is 56.7 Å². The van der Waals surface area contributed by atoms with Gasteiger partial charge in [-0.1, -0.05) is 11.6 Å². The number of benzene rings is 1. The monoisotopic (exact) mass is 484 g/mol. The van der Waals surface area contributed by atoms with Crippen LogP contribution in [0.25, 0.3) is 11.0 Å². The quantitative estimate of drug-likeness (QED) is 0.472. The largest absolute Gasteiger partial charge is 0.534 e. The number of piperazine rings is 1. The summed E-state index contributed by atoms with van der Waals surface area (Å²) in [6.45, 7) is 7.01. The van der Waals surface area contributed by atoms with Gasteiger partial charge in [-0.25, -0.2) is 4.79 Å². The lowest BCUT2D eigenvalue weighted by Gasteiger charge is -2.36. The molecule has 0 saturated carbocycles. The summed E-state index contributed by atoms with van der Waals surface area (Å²) >= 11 is 5.97. The van der Waals surface area contributed by atoms with Gasteiger partial charge in [0.05, 0.1) is 10.7 Å². The Morgan fingerprint density at radius 2 is 1.74 bits per heavy atom. The first kappa shape index (κ1) is 23.3. The van der Waals surface area contributed by atoms with Gasteiger partial charge in [0.25, 0.3) is 0 Å². The summed E-state index contributed by atoms with van der Waals surface area (Å²) in [5.41, 5.74) is -5.49. The molecule has 1 fully saturated rings. The number of furan rings is 1. The lowest BCUT2D eigenvalue weighted by Crippen LogP contribution is -2.50. The second kappa shape index (κ2) is 7.97. The maximum Gasteiger partial charge on any atom is 0.534 e. The molecule has 0 atom stereocenters. The van der Waals surface area contributed by atoms with E-state index in [9.17, 15) is 26.4 Å². The fraction of sp³-hybridized carbons (Fsp3) is 0.500. The molecule has 13 heteroatoms. The van der Waals surface area contributed by atoms with Crippen LogP contribution >= 0.6 is 11.6 Å². The molecule has 31 heavy (non-hydrogen) atoms. The van der Waals surface area contributed by atoms with Gasteiger partial charge in [0.1, 0.15) is 17.4 Å². The molecule has 0 spiro atoms. The van der Waals surface area contributed by atoms with Crippen LogP contribution in [0.2, 0.25) is 5.02 Å². The highest BCUT2D eigenvalue weighted by Gasteiger charge is 2.49. The summed E-state index contributed by atoms with van der Waals surface area (Å²) < 4.78 is 75.1. The van der Waals surface area contributed by atoms with E-state index in [0.29, 0.717) is 37.3 Å². The Bertz CT molecular complexity index is 1090. The second-order valence-electron chi connectivity index (χ2n) is 7.84. The van der Waals surface area contributed by atoms with Crippen LogP contribution in [-0.2, 0) is 14.9 Å². The molecule has 0 radical (unpaired) electrons. The van der Waals surface area contributed by atoms with Gasteiger partial charge >= 0.3 is 21.7 Å². The molecule has 0 bridgehead atoms. The number of ether oxygens (including phenoxy) is 1. The number of fused-ring (bicyclic) bond motifs is 1. The van der Waals surface area contributed by atoms with E-state index in [1.807, 2.05) is 4.90 Å². The van der Waals surface area contributed by atoms with E-state index in [1.165, 1.54) is 12.3 Å². The summed E-state index contributed by atoms with van der Waals surface area (Å²) in [5, 5.41) is 0.142. The Balaban J connectivity index is 1.77. The Labute approximate surface area is 181 Å². The number of nitrogens with zero attached hydrogens (tertiary/aromatic N) is 2.